The highest BCUT2D eigenvalue weighted by Crippen LogP contribution is 2.19. The Balaban J connectivity index is 2.69. The SMILES string of the molecule is Cc1cc(N(C)CCC(=O)O)ncc1Br. The number of carboxylic acids is 1. The van der Waals surface area contributed by atoms with Crippen LogP contribution >= 0.6 is 15.9 Å². The third-order valence-corrected chi connectivity index (χ3v) is 2.91. The maximum Gasteiger partial charge on any atom is 0.305 e. The summed E-state index contributed by atoms with van der Waals surface area (Å²) in [6.07, 6.45) is 1.84. The summed E-state index contributed by atoms with van der Waals surface area (Å²) in [5.74, 6) is -0.00682. The molecular formula is C10H13BrN2O2. The maximum atomic E-state index is 10.4. The van der Waals surface area contributed by atoms with E-state index in [1.807, 2.05) is 24.9 Å². The van der Waals surface area contributed by atoms with Crippen LogP contribution in [0.3, 0.4) is 0 Å². The molecule has 1 rings (SSSR count). The number of rotatable bonds is 4. The van der Waals surface area contributed by atoms with Crippen molar-refractivity contribution >= 4 is 27.7 Å². The minimum Gasteiger partial charge on any atom is -0.481 e. The van der Waals surface area contributed by atoms with Gasteiger partial charge < -0.3 is 10.0 Å². The van der Waals surface area contributed by atoms with E-state index in [1.54, 1.807) is 6.20 Å². The highest BCUT2D eigenvalue weighted by Gasteiger charge is 2.06. The van der Waals surface area contributed by atoms with Gasteiger partial charge in [-0.15, -0.1) is 0 Å². The van der Waals surface area contributed by atoms with Crippen LogP contribution in [0, 0.1) is 6.92 Å². The van der Waals surface area contributed by atoms with Crippen molar-refractivity contribution in [2.45, 2.75) is 13.3 Å². The molecule has 0 bridgehead atoms. The standard InChI is InChI=1S/C10H13BrN2O2/c1-7-5-9(12-6-8(7)11)13(2)4-3-10(14)15/h5-6H,3-4H2,1-2H3,(H,14,15). The molecule has 0 atom stereocenters. The van der Waals surface area contributed by atoms with E-state index < -0.39 is 5.97 Å². The van der Waals surface area contributed by atoms with Gasteiger partial charge in [-0.2, -0.15) is 0 Å². The van der Waals surface area contributed by atoms with Gasteiger partial charge in [-0.1, -0.05) is 0 Å². The predicted octanol–water partition coefficient (Wildman–Crippen LogP) is 2.06. The highest BCUT2D eigenvalue weighted by molar-refractivity contribution is 9.10. The number of halogens is 1. The number of nitrogens with zero attached hydrogens (tertiary/aromatic N) is 2. The Labute approximate surface area is 97.1 Å². The van der Waals surface area contributed by atoms with E-state index in [9.17, 15) is 4.79 Å². The highest BCUT2D eigenvalue weighted by atomic mass is 79.9. The number of pyridine rings is 1. The summed E-state index contributed by atoms with van der Waals surface area (Å²) in [7, 11) is 1.83. The first kappa shape index (κ1) is 12.0. The summed E-state index contributed by atoms with van der Waals surface area (Å²) in [6.45, 7) is 2.43. The van der Waals surface area contributed by atoms with Gasteiger partial charge >= 0.3 is 5.97 Å². The Morgan fingerprint density at radius 3 is 2.87 bits per heavy atom. The van der Waals surface area contributed by atoms with Crippen molar-refractivity contribution in [3.8, 4) is 0 Å². The lowest BCUT2D eigenvalue weighted by atomic mass is 10.3. The smallest absolute Gasteiger partial charge is 0.305 e. The molecular weight excluding hydrogens is 260 g/mol. The Kier molecular flexibility index (Phi) is 4.08. The van der Waals surface area contributed by atoms with Gasteiger partial charge in [0.25, 0.3) is 0 Å². The number of aryl methyl sites for hydroxylation is 1. The van der Waals surface area contributed by atoms with Crippen LogP contribution in [0.4, 0.5) is 5.82 Å². The molecule has 0 saturated carbocycles. The quantitative estimate of drug-likeness (QED) is 0.912. The molecule has 0 unspecified atom stereocenters. The Bertz CT molecular complexity index is 368. The molecule has 1 heterocycles. The second-order valence-electron chi connectivity index (χ2n) is 3.36. The van der Waals surface area contributed by atoms with Crippen molar-refractivity contribution in [1.29, 1.82) is 0 Å². The molecule has 82 valence electrons. The van der Waals surface area contributed by atoms with Crippen LogP contribution in [-0.2, 0) is 4.79 Å². The van der Waals surface area contributed by atoms with Crippen LogP contribution in [0.25, 0.3) is 0 Å². The molecule has 0 amide bonds. The Hall–Kier alpha value is -1.10. The van der Waals surface area contributed by atoms with E-state index in [0.29, 0.717) is 6.54 Å². The monoisotopic (exact) mass is 272 g/mol. The van der Waals surface area contributed by atoms with Gasteiger partial charge in [-0.05, 0) is 34.5 Å². The average Bonchev–Trinajstić information content (AvgIpc) is 2.18. The van der Waals surface area contributed by atoms with Crippen LogP contribution in [-0.4, -0.2) is 29.7 Å². The zero-order chi connectivity index (χ0) is 11.4. The molecule has 5 heteroatoms. The van der Waals surface area contributed by atoms with Gasteiger partial charge in [-0.3, -0.25) is 4.79 Å². The van der Waals surface area contributed by atoms with Crippen LogP contribution in [0.15, 0.2) is 16.7 Å². The van der Waals surface area contributed by atoms with Gasteiger partial charge in [0.2, 0.25) is 0 Å². The number of aromatic nitrogens is 1. The second-order valence-corrected chi connectivity index (χ2v) is 4.21. The van der Waals surface area contributed by atoms with Crippen LogP contribution in [0.1, 0.15) is 12.0 Å². The van der Waals surface area contributed by atoms with Gasteiger partial charge in [-0.25, -0.2) is 4.98 Å². The molecule has 0 aliphatic heterocycles. The summed E-state index contributed by atoms with van der Waals surface area (Å²) in [4.78, 5) is 16.4. The Morgan fingerprint density at radius 1 is 1.67 bits per heavy atom. The van der Waals surface area contributed by atoms with E-state index in [4.69, 9.17) is 5.11 Å². The third kappa shape index (κ3) is 3.51. The van der Waals surface area contributed by atoms with Crippen LogP contribution in [0.5, 0.6) is 0 Å². The van der Waals surface area contributed by atoms with E-state index in [-0.39, 0.29) is 6.42 Å². The molecule has 1 aromatic rings. The molecule has 4 nitrogen and oxygen atoms in total. The molecule has 1 aromatic heterocycles. The van der Waals surface area contributed by atoms with E-state index >= 15 is 0 Å². The lowest BCUT2D eigenvalue weighted by Crippen LogP contribution is -2.22. The molecule has 0 fully saturated rings. The van der Waals surface area contributed by atoms with Gasteiger partial charge in [0.15, 0.2) is 0 Å². The van der Waals surface area contributed by atoms with Crippen molar-refractivity contribution in [2.24, 2.45) is 0 Å². The summed E-state index contributed by atoms with van der Waals surface area (Å²) in [5.41, 5.74) is 1.09. The average molecular weight is 273 g/mol. The fourth-order valence-corrected chi connectivity index (χ4v) is 1.33. The van der Waals surface area contributed by atoms with Gasteiger partial charge in [0.1, 0.15) is 5.82 Å². The van der Waals surface area contributed by atoms with Crippen LogP contribution < -0.4 is 4.90 Å². The molecule has 0 aliphatic rings. The summed E-state index contributed by atoms with van der Waals surface area (Å²) in [6, 6.07) is 1.92. The topological polar surface area (TPSA) is 53.4 Å². The minimum absolute atomic E-state index is 0.118. The summed E-state index contributed by atoms with van der Waals surface area (Å²) < 4.78 is 0.956. The first-order chi connectivity index (χ1) is 7.00. The number of hydrogen-bond donors (Lipinski definition) is 1. The lowest BCUT2D eigenvalue weighted by molar-refractivity contribution is -0.136. The molecule has 1 N–H and O–H groups in total. The fourth-order valence-electron chi connectivity index (χ4n) is 1.11. The third-order valence-electron chi connectivity index (χ3n) is 2.08. The normalized spacial score (nSPS) is 10.1. The summed E-state index contributed by atoms with van der Waals surface area (Å²) >= 11 is 3.37. The predicted molar refractivity (Wildman–Crippen MR) is 62.2 cm³/mol. The van der Waals surface area contributed by atoms with Crippen molar-refractivity contribution in [1.82, 2.24) is 4.98 Å². The molecule has 0 radical (unpaired) electrons. The lowest BCUT2D eigenvalue weighted by Gasteiger charge is -2.17. The fraction of sp³-hybridized carbons (Fsp3) is 0.400. The summed E-state index contributed by atoms with van der Waals surface area (Å²) in [5, 5.41) is 8.55. The zero-order valence-corrected chi connectivity index (χ0v) is 10.3. The Morgan fingerprint density at radius 2 is 2.33 bits per heavy atom. The molecule has 0 saturated heterocycles. The van der Waals surface area contributed by atoms with Gasteiger partial charge in [0, 0.05) is 24.3 Å². The van der Waals surface area contributed by atoms with Gasteiger partial charge in [0.05, 0.1) is 6.42 Å². The van der Waals surface area contributed by atoms with Crippen molar-refractivity contribution in [3.63, 3.8) is 0 Å². The maximum absolute atomic E-state index is 10.4. The largest absolute Gasteiger partial charge is 0.481 e. The first-order valence-corrected chi connectivity index (χ1v) is 5.35. The van der Waals surface area contributed by atoms with Crippen molar-refractivity contribution in [3.05, 3.63) is 22.3 Å². The number of hydrogen-bond acceptors (Lipinski definition) is 3. The number of aliphatic carboxylic acids is 1. The van der Waals surface area contributed by atoms with Crippen molar-refractivity contribution in [2.75, 3.05) is 18.5 Å². The minimum atomic E-state index is -0.796. The molecule has 0 aromatic carbocycles. The number of carbonyl (C=O) groups is 1. The zero-order valence-electron chi connectivity index (χ0n) is 8.70. The van der Waals surface area contributed by atoms with E-state index in [0.717, 1.165) is 15.9 Å². The second kappa shape index (κ2) is 5.11. The van der Waals surface area contributed by atoms with Crippen LogP contribution in [0.2, 0.25) is 0 Å². The molecule has 15 heavy (non-hydrogen) atoms. The van der Waals surface area contributed by atoms with E-state index in [1.165, 1.54) is 0 Å². The number of carboxylic acid groups (broad SMARTS) is 1. The molecule has 0 aliphatic carbocycles. The number of anilines is 1. The van der Waals surface area contributed by atoms with Crippen molar-refractivity contribution < 1.29 is 9.90 Å². The molecule has 0 spiro atoms. The first-order valence-electron chi connectivity index (χ1n) is 4.56. The van der Waals surface area contributed by atoms with E-state index in [2.05, 4.69) is 20.9 Å².